The van der Waals surface area contributed by atoms with Gasteiger partial charge in [0.05, 0.1) is 25.4 Å². The Morgan fingerprint density at radius 3 is 2.95 bits per heavy atom. The molecule has 0 radical (unpaired) electrons. The summed E-state index contributed by atoms with van der Waals surface area (Å²) in [6, 6.07) is 0.308. The summed E-state index contributed by atoms with van der Waals surface area (Å²) in [5.41, 5.74) is 0. The van der Waals surface area contributed by atoms with Crippen molar-refractivity contribution in [2.24, 2.45) is 0 Å². The van der Waals surface area contributed by atoms with E-state index in [1.165, 1.54) is 25.7 Å². The minimum atomic E-state index is 0.308. The Bertz CT molecular complexity index is 483. The van der Waals surface area contributed by atoms with Crippen LogP contribution in [0.25, 0.3) is 0 Å². The Hall–Kier alpha value is -0.980. The third-order valence-corrected chi connectivity index (χ3v) is 4.90. The Labute approximate surface area is 131 Å². The van der Waals surface area contributed by atoms with Crippen molar-refractivity contribution in [1.82, 2.24) is 15.0 Å². The molecule has 1 aliphatic carbocycles. The average Bonchev–Trinajstić information content (AvgIpc) is 3.00. The van der Waals surface area contributed by atoms with Crippen LogP contribution in [-0.4, -0.2) is 54.1 Å². The molecule has 0 aromatic carbocycles. The second-order valence-electron chi connectivity index (χ2n) is 6.67. The molecule has 122 valence electrons. The molecule has 2 aliphatic heterocycles. The SMILES string of the molecule is C1CO[C@@H](COCCN2CCC[C@@H]2c2noc(C3CC3)n2)C1. The molecule has 2 saturated heterocycles. The Morgan fingerprint density at radius 1 is 1.18 bits per heavy atom. The fraction of sp³-hybridized carbons (Fsp3) is 0.875. The molecule has 0 bridgehead atoms. The van der Waals surface area contributed by atoms with Crippen molar-refractivity contribution >= 4 is 0 Å². The largest absolute Gasteiger partial charge is 0.377 e. The van der Waals surface area contributed by atoms with Gasteiger partial charge in [0.15, 0.2) is 5.82 Å². The fourth-order valence-corrected chi connectivity index (χ4v) is 3.44. The molecule has 4 rings (SSSR count). The zero-order chi connectivity index (χ0) is 14.8. The quantitative estimate of drug-likeness (QED) is 0.720. The van der Waals surface area contributed by atoms with Gasteiger partial charge in [0.1, 0.15) is 0 Å². The van der Waals surface area contributed by atoms with Gasteiger partial charge in [0.2, 0.25) is 5.89 Å². The maximum absolute atomic E-state index is 5.79. The molecule has 3 heterocycles. The molecule has 0 unspecified atom stereocenters. The van der Waals surface area contributed by atoms with Crippen molar-refractivity contribution in [3.05, 3.63) is 11.7 Å². The molecule has 2 atom stereocenters. The third-order valence-electron chi connectivity index (χ3n) is 4.90. The van der Waals surface area contributed by atoms with Crippen molar-refractivity contribution in [2.75, 3.05) is 32.9 Å². The maximum atomic E-state index is 5.79. The molecule has 1 aromatic heterocycles. The van der Waals surface area contributed by atoms with Crippen LogP contribution in [0.4, 0.5) is 0 Å². The van der Waals surface area contributed by atoms with E-state index in [0.29, 0.717) is 18.1 Å². The summed E-state index contributed by atoms with van der Waals surface area (Å²) in [6.07, 6.45) is 7.34. The molecule has 6 heteroatoms. The van der Waals surface area contributed by atoms with Gasteiger partial charge in [-0.05, 0) is 45.1 Å². The van der Waals surface area contributed by atoms with Gasteiger partial charge in [0.25, 0.3) is 0 Å². The highest BCUT2D eigenvalue weighted by Gasteiger charge is 2.34. The molecule has 6 nitrogen and oxygen atoms in total. The van der Waals surface area contributed by atoms with E-state index < -0.39 is 0 Å². The Kier molecular flexibility index (Phi) is 4.41. The van der Waals surface area contributed by atoms with Crippen LogP contribution in [0.5, 0.6) is 0 Å². The maximum Gasteiger partial charge on any atom is 0.229 e. The van der Waals surface area contributed by atoms with Crippen LogP contribution in [0, 0.1) is 0 Å². The van der Waals surface area contributed by atoms with E-state index in [0.717, 1.165) is 57.5 Å². The number of hydrogen-bond acceptors (Lipinski definition) is 6. The standard InChI is InChI=1S/C16H25N3O3/c1-4-14(15-17-16(22-18-15)12-5-6-12)19(7-1)8-10-20-11-13-3-2-9-21-13/h12-14H,1-11H2/t13-,14-/m1/s1. The van der Waals surface area contributed by atoms with Crippen LogP contribution < -0.4 is 0 Å². The molecular weight excluding hydrogens is 282 g/mol. The monoisotopic (exact) mass is 307 g/mol. The molecule has 1 aromatic rings. The second kappa shape index (κ2) is 6.64. The van der Waals surface area contributed by atoms with Gasteiger partial charge in [-0.15, -0.1) is 0 Å². The Morgan fingerprint density at radius 2 is 2.14 bits per heavy atom. The molecule has 3 aliphatic rings. The average molecular weight is 307 g/mol. The zero-order valence-electron chi connectivity index (χ0n) is 13.1. The fourth-order valence-electron chi connectivity index (χ4n) is 3.44. The van der Waals surface area contributed by atoms with Gasteiger partial charge in [-0.25, -0.2) is 0 Å². The van der Waals surface area contributed by atoms with Gasteiger partial charge in [-0.3, -0.25) is 4.90 Å². The van der Waals surface area contributed by atoms with E-state index in [4.69, 9.17) is 14.0 Å². The number of rotatable bonds is 7. The molecule has 1 saturated carbocycles. The van der Waals surface area contributed by atoms with Crippen LogP contribution in [-0.2, 0) is 9.47 Å². The number of aromatic nitrogens is 2. The predicted molar refractivity (Wildman–Crippen MR) is 79.6 cm³/mol. The number of likely N-dealkylation sites (tertiary alicyclic amines) is 1. The van der Waals surface area contributed by atoms with Crippen LogP contribution in [0.2, 0.25) is 0 Å². The van der Waals surface area contributed by atoms with Gasteiger partial charge < -0.3 is 14.0 Å². The summed E-state index contributed by atoms with van der Waals surface area (Å²) in [5, 5.41) is 4.21. The first kappa shape index (κ1) is 14.6. The van der Waals surface area contributed by atoms with Crippen LogP contribution in [0.1, 0.15) is 62.2 Å². The van der Waals surface area contributed by atoms with Crippen molar-refractivity contribution in [1.29, 1.82) is 0 Å². The third kappa shape index (κ3) is 3.34. The van der Waals surface area contributed by atoms with Gasteiger partial charge >= 0.3 is 0 Å². The summed E-state index contributed by atoms with van der Waals surface area (Å²) in [7, 11) is 0. The molecule has 22 heavy (non-hydrogen) atoms. The lowest BCUT2D eigenvalue weighted by molar-refractivity contribution is 0.00920. The van der Waals surface area contributed by atoms with E-state index in [1.54, 1.807) is 0 Å². The zero-order valence-corrected chi connectivity index (χ0v) is 13.1. The predicted octanol–water partition coefficient (Wildman–Crippen LogP) is 2.28. The van der Waals surface area contributed by atoms with Crippen molar-refractivity contribution in [2.45, 2.75) is 56.6 Å². The van der Waals surface area contributed by atoms with E-state index in [-0.39, 0.29) is 0 Å². The van der Waals surface area contributed by atoms with Gasteiger partial charge in [0, 0.05) is 19.1 Å². The van der Waals surface area contributed by atoms with E-state index in [1.807, 2.05) is 0 Å². The van der Waals surface area contributed by atoms with E-state index in [2.05, 4.69) is 15.0 Å². The molecule has 0 spiro atoms. The second-order valence-corrected chi connectivity index (χ2v) is 6.67. The van der Waals surface area contributed by atoms with Gasteiger partial charge in [-0.2, -0.15) is 4.98 Å². The van der Waals surface area contributed by atoms with Crippen LogP contribution in [0.15, 0.2) is 4.52 Å². The molecule has 0 amide bonds. The molecule has 3 fully saturated rings. The van der Waals surface area contributed by atoms with Crippen molar-refractivity contribution < 1.29 is 14.0 Å². The summed E-state index contributed by atoms with van der Waals surface area (Å²) in [4.78, 5) is 7.04. The first-order chi connectivity index (χ1) is 10.9. The van der Waals surface area contributed by atoms with Crippen molar-refractivity contribution in [3.8, 4) is 0 Å². The lowest BCUT2D eigenvalue weighted by atomic mass is 10.2. The summed E-state index contributed by atoms with van der Waals surface area (Å²) in [6.45, 7) is 4.41. The Balaban J connectivity index is 1.25. The first-order valence-electron chi connectivity index (χ1n) is 8.67. The normalized spacial score (nSPS) is 29.5. The smallest absolute Gasteiger partial charge is 0.229 e. The van der Waals surface area contributed by atoms with E-state index >= 15 is 0 Å². The minimum Gasteiger partial charge on any atom is -0.377 e. The topological polar surface area (TPSA) is 60.6 Å². The molecule has 0 N–H and O–H groups in total. The lowest BCUT2D eigenvalue weighted by Crippen LogP contribution is -2.29. The summed E-state index contributed by atoms with van der Waals surface area (Å²) in [5.74, 6) is 2.25. The number of nitrogens with zero attached hydrogens (tertiary/aromatic N) is 3. The highest BCUT2D eigenvalue weighted by Crippen LogP contribution is 2.40. The highest BCUT2D eigenvalue weighted by molar-refractivity contribution is 5.05. The lowest BCUT2D eigenvalue weighted by Gasteiger charge is -2.22. The summed E-state index contributed by atoms with van der Waals surface area (Å²) >= 11 is 0. The summed E-state index contributed by atoms with van der Waals surface area (Å²) < 4.78 is 16.8. The van der Waals surface area contributed by atoms with Gasteiger partial charge in [-0.1, -0.05) is 5.16 Å². The first-order valence-corrected chi connectivity index (χ1v) is 8.67. The molecular formula is C16H25N3O3. The van der Waals surface area contributed by atoms with E-state index in [9.17, 15) is 0 Å². The highest BCUT2D eigenvalue weighted by atomic mass is 16.5. The van der Waals surface area contributed by atoms with Crippen molar-refractivity contribution in [3.63, 3.8) is 0 Å². The van der Waals surface area contributed by atoms with Crippen LogP contribution in [0.3, 0.4) is 0 Å². The number of hydrogen-bond donors (Lipinski definition) is 0. The number of ether oxygens (including phenoxy) is 2. The van der Waals surface area contributed by atoms with Crippen LogP contribution >= 0.6 is 0 Å². The minimum absolute atomic E-state index is 0.308.